The molecule has 0 aliphatic carbocycles. The minimum Gasteiger partial charge on any atom is -0.308 e. The van der Waals surface area contributed by atoms with Gasteiger partial charge in [-0.15, -0.1) is 0 Å². The number of halogens is 1. The fraction of sp³-hybridized carbons (Fsp3) is 0.400. The number of nitrogens with zero attached hydrogens (tertiary/aromatic N) is 2. The van der Waals surface area contributed by atoms with Gasteiger partial charge in [0.25, 0.3) is 0 Å². The molecule has 0 unspecified atom stereocenters. The first-order valence-corrected chi connectivity index (χ1v) is 7.22. The van der Waals surface area contributed by atoms with Crippen LogP contribution >= 0.6 is 15.9 Å². The van der Waals surface area contributed by atoms with E-state index in [9.17, 15) is 0 Å². The molecule has 0 amide bonds. The number of hydrogen-bond acceptors (Lipinski definition) is 2. The van der Waals surface area contributed by atoms with Crippen LogP contribution in [0.2, 0.25) is 0 Å². The molecule has 0 atom stereocenters. The summed E-state index contributed by atoms with van der Waals surface area (Å²) in [6.45, 7) is 8.16. The predicted octanol–water partition coefficient (Wildman–Crippen LogP) is 3.58. The van der Waals surface area contributed by atoms with Gasteiger partial charge in [-0.05, 0) is 38.5 Å². The lowest BCUT2D eigenvalue weighted by molar-refractivity contribution is 0.424. The average Bonchev–Trinajstić information content (AvgIpc) is 2.77. The summed E-state index contributed by atoms with van der Waals surface area (Å²) < 4.78 is 3.08. The first kappa shape index (κ1) is 14.3. The highest BCUT2D eigenvalue weighted by Crippen LogP contribution is 2.12. The maximum Gasteiger partial charge on any atom is 0.0659 e. The standard InChI is InChI=1S/C15H20BrN3/c1-15(2,3)17-8-13-9-18-19(11-13)10-12-4-6-14(16)7-5-12/h4-7,9,11,17H,8,10H2,1-3H3. The first-order valence-electron chi connectivity index (χ1n) is 6.43. The van der Waals surface area contributed by atoms with Gasteiger partial charge in [0.2, 0.25) is 0 Å². The Hall–Kier alpha value is -1.13. The molecule has 3 nitrogen and oxygen atoms in total. The molecular formula is C15H20BrN3. The van der Waals surface area contributed by atoms with Gasteiger partial charge in [-0.2, -0.15) is 5.10 Å². The molecule has 1 aromatic heterocycles. The van der Waals surface area contributed by atoms with Crippen LogP contribution < -0.4 is 5.32 Å². The molecule has 1 N–H and O–H groups in total. The van der Waals surface area contributed by atoms with Gasteiger partial charge < -0.3 is 5.32 Å². The molecule has 2 aromatic rings. The number of hydrogen-bond donors (Lipinski definition) is 1. The van der Waals surface area contributed by atoms with E-state index in [1.54, 1.807) is 0 Å². The molecule has 0 bridgehead atoms. The van der Waals surface area contributed by atoms with Gasteiger partial charge in [-0.25, -0.2) is 0 Å². The smallest absolute Gasteiger partial charge is 0.0659 e. The van der Waals surface area contributed by atoms with E-state index < -0.39 is 0 Å². The summed E-state index contributed by atoms with van der Waals surface area (Å²) in [6, 6.07) is 8.33. The quantitative estimate of drug-likeness (QED) is 0.932. The molecule has 0 saturated heterocycles. The van der Waals surface area contributed by atoms with Crippen molar-refractivity contribution in [2.24, 2.45) is 0 Å². The SMILES string of the molecule is CC(C)(C)NCc1cnn(Cc2ccc(Br)cc2)c1. The summed E-state index contributed by atoms with van der Waals surface area (Å²) in [5, 5.41) is 7.86. The predicted molar refractivity (Wildman–Crippen MR) is 82.1 cm³/mol. The Morgan fingerprint density at radius 1 is 1.16 bits per heavy atom. The lowest BCUT2D eigenvalue weighted by Crippen LogP contribution is -2.34. The monoisotopic (exact) mass is 321 g/mol. The molecule has 2 rings (SSSR count). The van der Waals surface area contributed by atoms with E-state index in [0.29, 0.717) is 0 Å². The third kappa shape index (κ3) is 4.80. The average molecular weight is 322 g/mol. The Balaban J connectivity index is 1.95. The lowest BCUT2D eigenvalue weighted by Gasteiger charge is -2.19. The van der Waals surface area contributed by atoms with E-state index in [2.05, 4.69) is 77.6 Å². The number of benzene rings is 1. The van der Waals surface area contributed by atoms with Crippen molar-refractivity contribution < 1.29 is 0 Å². The second-order valence-electron chi connectivity index (χ2n) is 5.78. The van der Waals surface area contributed by atoms with Crippen LogP contribution in [0.25, 0.3) is 0 Å². The Bertz CT molecular complexity index is 523. The maximum absolute atomic E-state index is 4.40. The van der Waals surface area contributed by atoms with E-state index >= 15 is 0 Å². The first-order chi connectivity index (χ1) is 8.92. The van der Waals surface area contributed by atoms with Crippen LogP contribution in [0.3, 0.4) is 0 Å². The van der Waals surface area contributed by atoms with Crippen LogP contribution in [0.5, 0.6) is 0 Å². The van der Waals surface area contributed by atoms with Gasteiger partial charge in [0.1, 0.15) is 0 Å². The van der Waals surface area contributed by atoms with Gasteiger partial charge in [-0.1, -0.05) is 28.1 Å². The fourth-order valence-corrected chi connectivity index (χ4v) is 1.99. The Morgan fingerprint density at radius 2 is 1.84 bits per heavy atom. The molecule has 0 fully saturated rings. The van der Waals surface area contributed by atoms with Crippen molar-refractivity contribution in [1.82, 2.24) is 15.1 Å². The molecule has 1 heterocycles. The number of nitrogens with one attached hydrogen (secondary N) is 1. The summed E-state index contributed by atoms with van der Waals surface area (Å²) in [5.74, 6) is 0. The van der Waals surface area contributed by atoms with Crippen LogP contribution in [0.15, 0.2) is 41.1 Å². The van der Waals surface area contributed by atoms with Crippen LogP contribution in [0, 0.1) is 0 Å². The van der Waals surface area contributed by atoms with Crippen molar-refractivity contribution in [2.75, 3.05) is 0 Å². The van der Waals surface area contributed by atoms with Gasteiger partial charge in [0.05, 0.1) is 12.7 Å². The van der Waals surface area contributed by atoms with E-state index in [1.807, 2.05) is 10.9 Å². The molecule has 0 spiro atoms. The van der Waals surface area contributed by atoms with E-state index in [4.69, 9.17) is 0 Å². The van der Waals surface area contributed by atoms with Gasteiger partial charge >= 0.3 is 0 Å². The highest BCUT2D eigenvalue weighted by atomic mass is 79.9. The molecular weight excluding hydrogens is 302 g/mol. The number of aromatic nitrogens is 2. The van der Waals surface area contributed by atoms with E-state index in [1.165, 1.54) is 11.1 Å². The van der Waals surface area contributed by atoms with Crippen LogP contribution in [-0.2, 0) is 13.1 Å². The van der Waals surface area contributed by atoms with Crippen molar-refractivity contribution in [2.45, 2.75) is 39.4 Å². The summed E-state index contributed by atoms with van der Waals surface area (Å²) in [7, 11) is 0. The maximum atomic E-state index is 4.40. The summed E-state index contributed by atoms with van der Waals surface area (Å²) in [5.41, 5.74) is 2.60. The third-order valence-electron chi connectivity index (χ3n) is 2.77. The third-order valence-corrected chi connectivity index (χ3v) is 3.30. The van der Waals surface area contributed by atoms with Crippen LogP contribution in [0.1, 0.15) is 31.9 Å². The lowest BCUT2D eigenvalue weighted by atomic mass is 10.1. The molecule has 102 valence electrons. The molecule has 19 heavy (non-hydrogen) atoms. The molecule has 4 heteroatoms. The minimum atomic E-state index is 0.133. The van der Waals surface area contributed by atoms with Crippen molar-refractivity contribution in [1.29, 1.82) is 0 Å². The number of rotatable bonds is 4. The molecule has 0 aliphatic heterocycles. The van der Waals surface area contributed by atoms with Gasteiger partial charge in [0.15, 0.2) is 0 Å². The Kier molecular flexibility index (Phi) is 4.42. The zero-order valence-corrected chi connectivity index (χ0v) is 13.2. The van der Waals surface area contributed by atoms with Crippen LogP contribution in [0.4, 0.5) is 0 Å². The van der Waals surface area contributed by atoms with E-state index in [0.717, 1.165) is 17.6 Å². The largest absolute Gasteiger partial charge is 0.308 e. The molecule has 1 aromatic carbocycles. The molecule has 0 saturated carbocycles. The van der Waals surface area contributed by atoms with Gasteiger partial charge in [-0.3, -0.25) is 4.68 Å². The highest BCUT2D eigenvalue weighted by Gasteiger charge is 2.09. The summed E-state index contributed by atoms with van der Waals surface area (Å²) in [6.07, 6.45) is 4.03. The fourth-order valence-electron chi connectivity index (χ4n) is 1.73. The summed E-state index contributed by atoms with van der Waals surface area (Å²) in [4.78, 5) is 0. The zero-order valence-electron chi connectivity index (χ0n) is 11.7. The van der Waals surface area contributed by atoms with Crippen molar-refractivity contribution >= 4 is 15.9 Å². The normalized spacial score (nSPS) is 11.8. The van der Waals surface area contributed by atoms with E-state index in [-0.39, 0.29) is 5.54 Å². The minimum absolute atomic E-state index is 0.133. The topological polar surface area (TPSA) is 29.9 Å². The van der Waals surface area contributed by atoms with Crippen molar-refractivity contribution in [3.05, 3.63) is 52.3 Å². The summed E-state index contributed by atoms with van der Waals surface area (Å²) >= 11 is 3.44. The van der Waals surface area contributed by atoms with Crippen LogP contribution in [-0.4, -0.2) is 15.3 Å². The molecule has 0 aliphatic rings. The second kappa shape index (κ2) is 5.88. The van der Waals surface area contributed by atoms with Crippen molar-refractivity contribution in [3.8, 4) is 0 Å². The Labute approximate surface area is 123 Å². The molecule has 0 radical (unpaired) electrons. The van der Waals surface area contributed by atoms with Crippen molar-refractivity contribution in [3.63, 3.8) is 0 Å². The highest BCUT2D eigenvalue weighted by molar-refractivity contribution is 9.10. The Morgan fingerprint density at radius 3 is 2.47 bits per heavy atom. The zero-order chi connectivity index (χ0) is 13.9. The second-order valence-corrected chi connectivity index (χ2v) is 6.69. The van der Waals surface area contributed by atoms with Gasteiger partial charge in [0, 0.05) is 28.3 Å².